The second-order valence-electron chi connectivity index (χ2n) is 34.8. The van der Waals surface area contributed by atoms with E-state index in [1.165, 1.54) is 202 Å². The molecule has 26 aromatic rings. The van der Waals surface area contributed by atoms with Crippen LogP contribution < -0.4 is 0 Å². The summed E-state index contributed by atoms with van der Waals surface area (Å²) < 4.78 is 7.23. The Hall–Kier alpha value is -16.4. The third-order valence-electron chi connectivity index (χ3n) is 27.4. The zero-order valence-electron chi connectivity index (χ0n) is 71.1. The van der Waals surface area contributed by atoms with E-state index in [1.807, 2.05) is 0 Å². The van der Waals surface area contributed by atoms with Crippen molar-refractivity contribution in [3.63, 3.8) is 0 Å². The first-order valence-corrected chi connectivity index (χ1v) is 44.3. The quantitative estimate of drug-likeness (QED) is 0.149. The molecule has 600 valence electrons. The predicted molar refractivity (Wildman–Crippen MR) is 542 cm³/mol. The molecule has 6 aromatic heterocycles. The van der Waals surface area contributed by atoms with Crippen LogP contribution in [0.15, 0.2) is 425 Å². The zero-order chi connectivity index (χ0) is 85.0. The van der Waals surface area contributed by atoms with Crippen LogP contribution >= 0.6 is 0 Å². The third kappa shape index (κ3) is 11.5. The number of pyridine rings is 3. The summed E-state index contributed by atoms with van der Waals surface area (Å²) >= 11 is 0. The Bertz CT molecular complexity index is 8900. The maximum atomic E-state index is 5.40. The Morgan fingerprint density at radius 3 is 0.891 bits per heavy atom. The van der Waals surface area contributed by atoms with E-state index >= 15 is 0 Å². The van der Waals surface area contributed by atoms with Crippen LogP contribution in [0.5, 0.6) is 0 Å². The van der Waals surface area contributed by atoms with Crippen LogP contribution in [0.2, 0.25) is 0 Å². The van der Waals surface area contributed by atoms with Gasteiger partial charge in [0.15, 0.2) is 0 Å². The van der Waals surface area contributed by atoms with Crippen molar-refractivity contribution in [2.75, 3.05) is 0 Å². The first-order valence-electron chi connectivity index (χ1n) is 44.3. The number of fused-ring (bicyclic) bond motifs is 30. The SMILES string of the molecule is CC1(C)c2cc(-c3ccc4c5ccccc5c5ccccc5c4n3)ccc2-c2ccc(-n3c4ccccc4c4ccccc43)cc21.Cc1cc(-n2c3ccccc3c3ccccc32)c(C)cc1-c1ccc2c3ccccc3c3ccccc3c2n1.c1ccc(-c2ccccc2-n2c3ccccc3c3ccccc32)c(-c2ccc3c4ccccc4c4ccccc4c3n2)c1. The molecule has 6 heterocycles. The van der Waals surface area contributed by atoms with E-state index in [0.29, 0.717) is 0 Å². The molecular formula is C122H82N6. The highest BCUT2D eigenvalue weighted by Gasteiger charge is 2.37. The second-order valence-corrected chi connectivity index (χ2v) is 34.8. The van der Waals surface area contributed by atoms with Crippen molar-refractivity contribution in [1.29, 1.82) is 0 Å². The van der Waals surface area contributed by atoms with Crippen LogP contribution in [0.3, 0.4) is 0 Å². The average Bonchev–Trinajstić information content (AvgIpc) is 1.35. The molecule has 0 unspecified atom stereocenters. The van der Waals surface area contributed by atoms with Crippen molar-refractivity contribution in [3.8, 4) is 73.1 Å². The molecule has 0 N–H and O–H groups in total. The molecule has 0 spiro atoms. The fourth-order valence-corrected chi connectivity index (χ4v) is 21.5. The molecule has 1 aliphatic rings. The van der Waals surface area contributed by atoms with E-state index < -0.39 is 0 Å². The molecular weight excluding hydrogens is 1550 g/mol. The number of nitrogens with zero attached hydrogens (tertiary/aromatic N) is 6. The van der Waals surface area contributed by atoms with Gasteiger partial charge in [-0.1, -0.05) is 329 Å². The van der Waals surface area contributed by atoms with Gasteiger partial charge in [-0.3, -0.25) is 0 Å². The minimum Gasteiger partial charge on any atom is -0.309 e. The number of rotatable bonds is 7. The summed E-state index contributed by atoms with van der Waals surface area (Å²) in [5.74, 6) is 0. The molecule has 0 saturated carbocycles. The van der Waals surface area contributed by atoms with Crippen LogP contribution in [0, 0.1) is 13.8 Å². The van der Waals surface area contributed by atoms with E-state index in [4.69, 9.17) is 15.0 Å². The number of benzene rings is 20. The van der Waals surface area contributed by atoms with Crippen LogP contribution in [-0.4, -0.2) is 28.7 Å². The summed E-state index contributed by atoms with van der Waals surface area (Å²) in [6.45, 7) is 9.15. The number of aryl methyl sites for hydroxylation is 2. The topological polar surface area (TPSA) is 53.5 Å². The number of para-hydroxylation sites is 7. The molecule has 0 atom stereocenters. The summed E-state index contributed by atoms with van der Waals surface area (Å²) in [4.78, 5) is 16.1. The molecule has 0 amide bonds. The van der Waals surface area contributed by atoms with Crippen molar-refractivity contribution in [2.45, 2.75) is 33.1 Å². The van der Waals surface area contributed by atoms with E-state index in [2.05, 4.69) is 466 Å². The van der Waals surface area contributed by atoms with Crippen LogP contribution in [0.25, 0.3) is 236 Å². The van der Waals surface area contributed by atoms with E-state index in [0.717, 1.165) is 56.0 Å². The fraction of sp³-hybridized carbons (Fsp3) is 0.0410. The molecule has 128 heavy (non-hydrogen) atoms. The van der Waals surface area contributed by atoms with Gasteiger partial charge in [0.05, 0.1) is 72.4 Å². The fourth-order valence-electron chi connectivity index (χ4n) is 21.5. The Kier molecular flexibility index (Phi) is 17.0. The summed E-state index contributed by atoms with van der Waals surface area (Å²) in [5, 5.41) is 26.1. The molecule has 0 fully saturated rings. The maximum absolute atomic E-state index is 5.40. The molecule has 27 rings (SSSR count). The lowest BCUT2D eigenvalue weighted by Crippen LogP contribution is -2.15. The standard InChI is InChI=1S/C44H30N2.C41H26N2.C37H26N2/c1-44(2)38-25-27(40-24-23-37-31-13-4-3-11-29(31)30-12-5-6-16-36(30)43(37)45-40)19-21-32(38)33-22-20-28(26-39(33)44)46-41-17-9-7-14-34(41)35-15-8-10-18-42(35)46;1-2-15-29-27(13-1)28-14-4-6-21-35(28)41-36(29)25-26-37(42-41)31-17-5-3-16-30(31)32-18-7-10-22-38(32)43-39-23-11-8-19-33(39)34-20-9-12-24-40(34)43;1-23-22-36(39-34-17-9-7-14-28(34)29-15-8-10-18-35(29)39)24(2)21-32(23)33-20-19-31-27-13-4-3-11-25(27)26-12-5-6-16-30(26)37(31)38-33/h3-26H,1-2H3;1-26H;3-22H,1-2H3. The van der Waals surface area contributed by atoms with Gasteiger partial charge in [-0.15, -0.1) is 0 Å². The Labute approximate surface area is 739 Å². The maximum Gasteiger partial charge on any atom is 0.0794 e. The highest BCUT2D eigenvalue weighted by Crippen LogP contribution is 2.52. The summed E-state index contributed by atoms with van der Waals surface area (Å²) in [5.41, 5.74) is 30.5. The Morgan fingerprint density at radius 2 is 0.477 bits per heavy atom. The minimum absolute atomic E-state index is 0.158. The third-order valence-corrected chi connectivity index (χ3v) is 27.4. The highest BCUT2D eigenvalue weighted by molar-refractivity contribution is 6.27. The van der Waals surface area contributed by atoms with Gasteiger partial charge in [0.25, 0.3) is 0 Å². The second kappa shape index (κ2) is 29.4. The van der Waals surface area contributed by atoms with Crippen molar-refractivity contribution in [2.24, 2.45) is 0 Å². The Morgan fingerprint density at radius 1 is 0.188 bits per heavy atom. The van der Waals surface area contributed by atoms with Crippen LogP contribution in [0.4, 0.5) is 0 Å². The lowest BCUT2D eigenvalue weighted by atomic mass is 9.81. The van der Waals surface area contributed by atoms with Gasteiger partial charge in [0.1, 0.15) is 0 Å². The highest BCUT2D eigenvalue weighted by atomic mass is 15.0. The minimum atomic E-state index is -0.158. The summed E-state index contributed by atoms with van der Waals surface area (Å²) in [6.07, 6.45) is 0. The molecule has 20 aromatic carbocycles. The van der Waals surface area contributed by atoms with Crippen LogP contribution in [0.1, 0.15) is 36.1 Å². The largest absolute Gasteiger partial charge is 0.309 e. The summed E-state index contributed by atoms with van der Waals surface area (Å²) in [7, 11) is 0. The van der Waals surface area contributed by atoms with Crippen molar-refractivity contribution >= 4 is 163 Å². The van der Waals surface area contributed by atoms with Gasteiger partial charge in [-0.2, -0.15) is 0 Å². The molecule has 0 aliphatic heterocycles. The van der Waals surface area contributed by atoms with Gasteiger partial charge >= 0.3 is 0 Å². The average molecular weight is 1630 g/mol. The van der Waals surface area contributed by atoms with E-state index in [9.17, 15) is 0 Å². The smallest absolute Gasteiger partial charge is 0.0794 e. The van der Waals surface area contributed by atoms with Crippen molar-refractivity contribution in [1.82, 2.24) is 28.7 Å². The predicted octanol–water partition coefficient (Wildman–Crippen LogP) is 32.5. The first-order chi connectivity index (χ1) is 63.1. The summed E-state index contributed by atoms with van der Waals surface area (Å²) in [6, 6.07) is 154. The van der Waals surface area contributed by atoms with Crippen LogP contribution in [-0.2, 0) is 5.41 Å². The molecule has 0 bridgehead atoms. The molecule has 6 nitrogen and oxygen atoms in total. The van der Waals surface area contributed by atoms with Crippen molar-refractivity contribution in [3.05, 3.63) is 447 Å². The number of hydrogen-bond acceptors (Lipinski definition) is 3. The monoisotopic (exact) mass is 1630 g/mol. The van der Waals surface area contributed by atoms with E-state index in [1.54, 1.807) is 0 Å². The molecule has 1 aliphatic carbocycles. The lowest BCUT2D eigenvalue weighted by molar-refractivity contribution is 0.660. The van der Waals surface area contributed by atoms with Gasteiger partial charge in [-0.25, -0.2) is 15.0 Å². The Balaban J connectivity index is 0.000000105. The van der Waals surface area contributed by atoms with Gasteiger partial charge < -0.3 is 13.7 Å². The molecule has 0 saturated heterocycles. The van der Waals surface area contributed by atoms with E-state index in [-0.39, 0.29) is 5.41 Å². The number of aromatic nitrogens is 6. The molecule has 0 radical (unpaired) electrons. The van der Waals surface area contributed by atoms with Crippen molar-refractivity contribution < 1.29 is 0 Å². The number of hydrogen-bond donors (Lipinski definition) is 0. The molecule has 6 heteroatoms. The normalized spacial score (nSPS) is 12.4. The zero-order valence-corrected chi connectivity index (χ0v) is 71.1. The van der Waals surface area contributed by atoms with Gasteiger partial charge in [-0.05, 0) is 210 Å². The van der Waals surface area contributed by atoms with Gasteiger partial charge in [0, 0.05) is 104 Å². The van der Waals surface area contributed by atoms with Gasteiger partial charge in [0.2, 0.25) is 0 Å². The first kappa shape index (κ1) is 74.2. The lowest BCUT2D eigenvalue weighted by Gasteiger charge is -2.23.